The minimum atomic E-state index is -0.256. The van der Waals surface area contributed by atoms with Crippen molar-refractivity contribution >= 4 is 28.8 Å². The smallest absolute Gasteiger partial charge is 0.272 e. The highest BCUT2D eigenvalue weighted by atomic mass is 35.5. The third kappa shape index (κ3) is 3.06. The van der Waals surface area contributed by atoms with Crippen molar-refractivity contribution in [2.75, 3.05) is 19.7 Å². The van der Waals surface area contributed by atoms with E-state index in [1.165, 1.54) is 28.3 Å². The van der Waals surface area contributed by atoms with Gasteiger partial charge in [-0.2, -0.15) is 0 Å². The number of aryl methyl sites for hydroxylation is 1. The summed E-state index contributed by atoms with van der Waals surface area (Å²) in [5.74, 6) is -0.256. The van der Waals surface area contributed by atoms with Crippen molar-refractivity contribution in [3.05, 3.63) is 49.8 Å². The molecule has 2 aromatic heterocycles. The Morgan fingerprint density at radius 3 is 3.00 bits per heavy atom. The lowest BCUT2D eigenvalue weighted by Crippen LogP contribution is -2.42. The van der Waals surface area contributed by atoms with Crippen LogP contribution in [-0.4, -0.2) is 40.1 Å². The van der Waals surface area contributed by atoms with Crippen LogP contribution in [0, 0.1) is 0 Å². The first-order valence-electron chi connectivity index (χ1n) is 6.73. The van der Waals surface area contributed by atoms with Gasteiger partial charge >= 0.3 is 0 Å². The van der Waals surface area contributed by atoms with Crippen LogP contribution in [0.25, 0.3) is 0 Å². The summed E-state index contributed by atoms with van der Waals surface area (Å²) in [6.45, 7) is 1.34. The molecule has 0 saturated carbocycles. The molecule has 6 nitrogen and oxygen atoms in total. The van der Waals surface area contributed by atoms with Crippen LogP contribution in [0.3, 0.4) is 0 Å². The van der Waals surface area contributed by atoms with Gasteiger partial charge in [-0.1, -0.05) is 11.6 Å². The maximum Gasteiger partial charge on any atom is 0.272 e. The number of morpholine rings is 1. The van der Waals surface area contributed by atoms with Crippen molar-refractivity contribution in [3.8, 4) is 0 Å². The lowest BCUT2D eigenvalue weighted by atomic mass is 10.2. The van der Waals surface area contributed by atoms with Crippen LogP contribution in [0.5, 0.6) is 0 Å². The van der Waals surface area contributed by atoms with Gasteiger partial charge < -0.3 is 14.2 Å². The largest absolute Gasteiger partial charge is 0.369 e. The number of rotatable bonds is 2. The van der Waals surface area contributed by atoms with Crippen LogP contribution in [0.2, 0.25) is 4.34 Å². The first-order valence-corrected chi connectivity index (χ1v) is 7.93. The zero-order valence-electron chi connectivity index (χ0n) is 11.9. The van der Waals surface area contributed by atoms with Crippen LogP contribution in [-0.2, 0) is 11.8 Å². The number of halogens is 1. The van der Waals surface area contributed by atoms with Gasteiger partial charge in [0.25, 0.3) is 11.5 Å². The number of thiophene rings is 1. The van der Waals surface area contributed by atoms with Crippen molar-refractivity contribution in [2.45, 2.75) is 6.10 Å². The van der Waals surface area contributed by atoms with E-state index in [9.17, 15) is 9.59 Å². The summed E-state index contributed by atoms with van der Waals surface area (Å²) >= 11 is 7.38. The van der Waals surface area contributed by atoms with E-state index >= 15 is 0 Å². The van der Waals surface area contributed by atoms with Crippen LogP contribution in [0.15, 0.2) is 29.3 Å². The molecule has 1 aliphatic rings. The van der Waals surface area contributed by atoms with E-state index in [0.717, 1.165) is 4.88 Å². The molecular formula is C14H14ClN3O3S. The summed E-state index contributed by atoms with van der Waals surface area (Å²) in [5.41, 5.74) is -0.0961. The van der Waals surface area contributed by atoms with E-state index in [2.05, 4.69) is 4.98 Å². The molecule has 1 amide bonds. The van der Waals surface area contributed by atoms with E-state index in [1.807, 2.05) is 12.1 Å². The predicted molar refractivity (Wildman–Crippen MR) is 83.4 cm³/mol. The van der Waals surface area contributed by atoms with Crippen LogP contribution >= 0.6 is 22.9 Å². The Bertz CT molecular complexity index is 758. The molecule has 1 saturated heterocycles. The quantitative estimate of drug-likeness (QED) is 0.835. The van der Waals surface area contributed by atoms with Crippen molar-refractivity contribution in [1.82, 2.24) is 14.5 Å². The number of ether oxygens (including phenoxy) is 1. The lowest BCUT2D eigenvalue weighted by molar-refractivity contribution is -0.0213. The molecule has 0 N–H and O–H groups in total. The highest BCUT2D eigenvalue weighted by molar-refractivity contribution is 7.16. The molecule has 0 aliphatic carbocycles. The van der Waals surface area contributed by atoms with Gasteiger partial charge in [-0.05, 0) is 12.1 Å². The summed E-state index contributed by atoms with van der Waals surface area (Å²) in [5, 5.41) is 0. The molecule has 0 aromatic carbocycles. The Hall–Kier alpha value is -1.70. The summed E-state index contributed by atoms with van der Waals surface area (Å²) in [4.78, 5) is 30.8. The second-order valence-corrected chi connectivity index (χ2v) is 6.72. The van der Waals surface area contributed by atoms with Gasteiger partial charge in [0.05, 0.1) is 23.8 Å². The molecular weight excluding hydrogens is 326 g/mol. The summed E-state index contributed by atoms with van der Waals surface area (Å²) in [6, 6.07) is 4.98. The van der Waals surface area contributed by atoms with Gasteiger partial charge in [-0.3, -0.25) is 9.59 Å². The van der Waals surface area contributed by atoms with Crippen molar-refractivity contribution in [1.29, 1.82) is 0 Å². The standard InChI is InChI=1S/C14H14ClN3O3S/c1-17-8-16-9(6-13(17)19)14(20)18-4-5-21-10(7-18)11-2-3-12(15)22-11/h2-3,6,8,10H,4-5,7H2,1H3. The van der Waals surface area contributed by atoms with Crippen molar-refractivity contribution in [3.63, 3.8) is 0 Å². The monoisotopic (exact) mass is 339 g/mol. The number of amides is 1. The molecule has 1 atom stereocenters. The van der Waals surface area contributed by atoms with Gasteiger partial charge in [0.15, 0.2) is 0 Å². The molecule has 8 heteroatoms. The fourth-order valence-electron chi connectivity index (χ4n) is 2.25. The molecule has 1 aliphatic heterocycles. The lowest BCUT2D eigenvalue weighted by Gasteiger charge is -2.32. The molecule has 1 unspecified atom stereocenters. The fourth-order valence-corrected chi connectivity index (χ4v) is 3.35. The minimum absolute atomic E-state index is 0.160. The summed E-state index contributed by atoms with van der Waals surface area (Å²) in [7, 11) is 1.59. The molecule has 2 aromatic rings. The molecule has 0 spiro atoms. The Labute approximate surface area is 135 Å². The molecule has 3 heterocycles. The minimum Gasteiger partial charge on any atom is -0.369 e. The first-order chi connectivity index (χ1) is 10.5. The number of nitrogens with zero attached hydrogens (tertiary/aromatic N) is 3. The van der Waals surface area contributed by atoms with Gasteiger partial charge in [0, 0.05) is 24.5 Å². The Kier molecular flexibility index (Phi) is 4.28. The maximum absolute atomic E-state index is 12.5. The first kappa shape index (κ1) is 15.2. The van der Waals surface area contributed by atoms with Gasteiger partial charge in [-0.25, -0.2) is 4.98 Å². The van der Waals surface area contributed by atoms with Crippen molar-refractivity contribution in [2.24, 2.45) is 7.05 Å². The van der Waals surface area contributed by atoms with Gasteiger partial charge in [0.1, 0.15) is 11.8 Å². The van der Waals surface area contributed by atoms with Crippen molar-refractivity contribution < 1.29 is 9.53 Å². The number of aromatic nitrogens is 2. The zero-order chi connectivity index (χ0) is 15.7. The topological polar surface area (TPSA) is 64.4 Å². The molecule has 116 valence electrons. The predicted octanol–water partition coefficient (Wildman–Crippen LogP) is 1.71. The maximum atomic E-state index is 12.5. The molecule has 0 radical (unpaired) electrons. The van der Waals surface area contributed by atoms with E-state index in [-0.39, 0.29) is 23.3 Å². The Morgan fingerprint density at radius 2 is 2.32 bits per heavy atom. The molecule has 0 bridgehead atoms. The van der Waals surface area contributed by atoms with E-state index in [4.69, 9.17) is 16.3 Å². The second kappa shape index (κ2) is 6.20. The highest BCUT2D eigenvalue weighted by Crippen LogP contribution is 2.31. The normalized spacial score (nSPS) is 18.5. The number of hydrogen-bond donors (Lipinski definition) is 0. The van der Waals surface area contributed by atoms with E-state index in [1.54, 1.807) is 11.9 Å². The molecule has 22 heavy (non-hydrogen) atoms. The SMILES string of the molecule is Cn1cnc(C(=O)N2CCOC(c3ccc(Cl)s3)C2)cc1=O. The van der Waals surface area contributed by atoms with E-state index in [0.29, 0.717) is 24.0 Å². The van der Waals surface area contributed by atoms with E-state index < -0.39 is 0 Å². The molecule has 3 rings (SSSR count). The third-order valence-corrected chi connectivity index (χ3v) is 4.79. The number of carbonyl (C=O) groups excluding carboxylic acids is 1. The summed E-state index contributed by atoms with van der Waals surface area (Å²) < 4.78 is 7.72. The van der Waals surface area contributed by atoms with Gasteiger partial charge in [-0.15, -0.1) is 11.3 Å². The Morgan fingerprint density at radius 1 is 1.50 bits per heavy atom. The summed E-state index contributed by atoms with van der Waals surface area (Å²) in [6.07, 6.45) is 1.16. The highest BCUT2D eigenvalue weighted by Gasteiger charge is 2.27. The fraction of sp³-hybridized carbons (Fsp3) is 0.357. The zero-order valence-corrected chi connectivity index (χ0v) is 13.4. The number of hydrogen-bond acceptors (Lipinski definition) is 5. The molecule has 1 fully saturated rings. The van der Waals surface area contributed by atoms with Crippen LogP contribution in [0.1, 0.15) is 21.5 Å². The van der Waals surface area contributed by atoms with Crippen LogP contribution in [0.4, 0.5) is 0 Å². The number of carbonyl (C=O) groups is 1. The van der Waals surface area contributed by atoms with Crippen LogP contribution < -0.4 is 5.56 Å². The third-order valence-electron chi connectivity index (χ3n) is 3.46. The van der Waals surface area contributed by atoms with Gasteiger partial charge in [0.2, 0.25) is 0 Å². The average Bonchev–Trinajstić information content (AvgIpc) is 2.96. The second-order valence-electron chi connectivity index (χ2n) is 4.98. The average molecular weight is 340 g/mol. The Balaban J connectivity index is 1.77.